The molecule has 0 spiro atoms. The molecule has 34 heavy (non-hydrogen) atoms. The van der Waals surface area contributed by atoms with Crippen molar-refractivity contribution in [1.82, 2.24) is 10.3 Å². The highest BCUT2D eigenvalue weighted by atomic mass is 32.3. The van der Waals surface area contributed by atoms with Crippen molar-refractivity contribution < 1.29 is 23.4 Å². The second-order valence-corrected chi connectivity index (χ2v) is 10.9. The molecular formula is C25H28FN3O4S. The minimum Gasteiger partial charge on any atom is -0.394 e. The number of halogens is 1. The molecule has 1 aromatic heterocycles. The Balaban J connectivity index is 1.54. The van der Waals surface area contributed by atoms with Gasteiger partial charge in [-0.2, -0.15) is 10.6 Å². The summed E-state index contributed by atoms with van der Waals surface area (Å²) in [6.07, 6.45) is 2.94. The number of hydrogen-bond acceptors (Lipinski definition) is 6. The zero-order chi connectivity index (χ0) is 24.3. The number of nitrogens with two attached hydrogens (primary N) is 1. The molecule has 1 aliphatic rings. The Morgan fingerprint density at radius 2 is 1.85 bits per heavy atom. The Hall–Kier alpha value is -2.98. The van der Waals surface area contributed by atoms with Crippen molar-refractivity contribution in [3.05, 3.63) is 83.3 Å². The standard InChI is InChI=1S/C25H28FN3O4S/c26-22-13-18(6-7-20(22)25(31)29-23(15-30)17-4-2-1-3-5-17)21-12-19(14-28-24(21)27)16-8-10-34(32,33)11-9-16/h1-7,12-14,16,23,30,32-33H,8-11,15H2,(H2,27,28)(H,29,31). The third-order valence-corrected chi connectivity index (χ3v) is 7.99. The number of aliphatic hydroxyl groups is 1. The van der Waals surface area contributed by atoms with Gasteiger partial charge in [0.15, 0.2) is 0 Å². The fraction of sp³-hybridized carbons (Fsp3) is 0.280. The van der Waals surface area contributed by atoms with Crippen molar-refractivity contribution in [2.45, 2.75) is 24.8 Å². The molecule has 1 aliphatic heterocycles. The molecule has 4 rings (SSSR count). The number of benzene rings is 2. The number of amides is 1. The number of pyridine rings is 1. The topological polar surface area (TPSA) is 129 Å². The van der Waals surface area contributed by atoms with Crippen LogP contribution in [-0.2, 0) is 0 Å². The molecule has 2 heterocycles. The zero-order valence-electron chi connectivity index (χ0n) is 18.5. The largest absolute Gasteiger partial charge is 0.394 e. The summed E-state index contributed by atoms with van der Waals surface area (Å²) in [5.41, 5.74) is 8.61. The number of rotatable bonds is 6. The maximum absolute atomic E-state index is 15.0. The van der Waals surface area contributed by atoms with Crippen LogP contribution in [0, 0.1) is 5.82 Å². The summed E-state index contributed by atoms with van der Waals surface area (Å²) in [6, 6.07) is 14.4. The molecule has 9 heteroatoms. The predicted octanol–water partition coefficient (Wildman–Crippen LogP) is 4.56. The van der Waals surface area contributed by atoms with E-state index in [9.17, 15) is 23.4 Å². The molecule has 1 atom stereocenters. The number of carbonyl (C=O) groups excluding carboxylic acids is 1. The number of nitrogens with zero attached hydrogens (tertiary/aromatic N) is 1. The van der Waals surface area contributed by atoms with E-state index in [1.807, 2.05) is 12.1 Å². The van der Waals surface area contributed by atoms with Gasteiger partial charge in [0, 0.05) is 23.3 Å². The number of aliphatic hydroxyl groups excluding tert-OH is 1. The molecule has 0 aliphatic carbocycles. The number of nitrogen functional groups attached to an aromatic ring is 1. The van der Waals surface area contributed by atoms with E-state index in [4.69, 9.17) is 5.73 Å². The summed E-state index contributed by atoms with van der Waals surface area (Å²) >= 11 is 0. The molecule has 3 aromatic rings. The van der Waals surface area contributed by atoms with Crippen molar-refractivity contribution >= 4 is 22.3 Å². The zero-order valence-corrected chi connectivity index (χ0v) is 19.3. The summed E-state index contributed by atoms with van der Waals surface area (Å²) in [5, 5.41) is 12.3. The van der Waals surface area contributed by atoms with Crippen LogP contribution >= 0.6 is 10.6 Å². The van der Waals surface area contributed by atoms with Gasteiger partial charge in [-0.3, -0.25) is 13.9 Å². The maximum atomic E-state index is 15.0. The van der Waals surface area contributed by atoms with Gasteiger partial charge in [-0.1, -0.05) is 36.4 Å². The molecule has 1 saturated heterocycles. The van der Waals surface area contributed by atoms with Crippen molar-refractivity contribution in [3.8, 4) is 11.1 Å². The lowest BCUT2D eigenvalue weighted by atomic mass is 9.92. The number of hydrogen-bond donors (Lipinski definition) is 5. The summed E-state index contributed by atoms with van der Waals surface area (Å²) in [5.74, 6) is -0.273. The Labute approximate surface area is 199 Å². The molecule has 1 unspecified atom stereocenters. The van der Waals surface area contributed by atoms with Gasteiger partial charge in [-0.05, 0) is 53.6 Å². The first kappa shape index (κ1) is 24.2. The summed E-state index contributed by atoms with van der Waals surface area (Å²) < 4.78 is 34.7. The highest BCUT2D eigenvalue weighted by molar-refractivity contribution is 8.24. The molecule has 2 aromatic carbocycles. The maximum Gasteiger partial charge on any atom is 0.254 e. The van der Waals surface area contributed by atoms with Gasteiger partial charge >= 0.3 is 0 Å². The van der Waals surface area contributed by atoms with Gasteiger partial charge in [0.2, 0.25) is 0 Å². The Morgan fingerprint density at radius 3 is 2.50 bits per heavy atom. The molecule has 0 bridgehead atoms. The smallest absolute Gasteiger partial charge is 0.254 e. The lowest BCUT2D eigenvalue weighted by Crippen LogP contribution is -2.31. The average molecular weight is 486 g/mol. The fourth-order valence-corrected chi connectivity index (χ4v) is 5.74. The van der Waals surface area contributed by atoms with Gasteiger partial charge in [-0.25, -0.2) is 9.37 Å². The number of anilines is 1. The first-order valence-electron chi connectivity index (χ1n) is 11.0. The van der Waals surface area contributed by atoms with Crippen molar-refractivity contribution in [2.75, 3.05) is 23.8 Å². The monoisotopic (exact) mass is 485 g/mol. The number of aromatic nitrogens is 1. The van der Waals surface area contributed by atoms with Crippen molar-refractivity contribution in [3.63, 3.8) is 0 Å². The van der Waals surface area contributed by atoms with E-state index in [1.165, 1.54) is 12.1 Å². The summed E-state index contributed by atoms with van der Waals surface area (Å²) in [7, 11) is -2.49. The fourth-order valence-electron chi connectivity index (χ4n) is 4.21. The van der Waals surface area contributed by atoms with Gasteiger partial charge in [0.1, 0.15) is 11.6 Å². The highest BCUT2D eigenvalue weighted by Gasteiger charge is 2.26. The van der Waals surface area contributed by atoms with E-state index < -0.39 is 28.4 Å². The van der Waals surface area contributed by atoms with Gasteiger partial charge in [0.05, 0.1) is 18.2 Å². The van der Waals surface area contributed by atoms with Crippen LogP contribution in [0.1, 0.15) is 46.3 Å². The molecule has 1 fully saturated rings. The van der Waals surface area contributed by atoms with Crippen molar-refractivity contribution in [1.29, 1.82) is 0 Å². The predicted molar refractivity (Wildman–Crippen MR) is 132 cm³/mol. The van der Waals surface area contributed by atoms with E-state index in [2.05, 4.69) is 10.3 Å². The van der Waals surface area contributed by atoms with Crippen LogP contribution in [0.2, 0.25) is 0 Å². The Morgan fingerprint density at radius 1 is 1.15 bits per heavy atom. The molecular weight excluding hydrogens is 457 g/mol. The minimum absolute atomic E-state index is 0.120. The first-order chi connectivity index (χ1) is 16.3. The lowest BCUT2D eigenvalue weighted by molar-refractivity contribution is 0.0912. The van der Waals surface area contributed by atoms with Crippen LogP contribution in [0.5, 0.6) is 0 Å². The van der Waals surface area contributed by atoms with Gasteiger partial charge < -0.3 is 16.2 Å². The third-order valence-electron chi connectivity index (χ3n) is 6.21. The third kappa shape index (κ3) is 5.39. The molecule has 6 N–H and O–H groups in total. The van der Waals surface area contributed by atoms with Crippen LogP contribution in [0.15, 0.2) is 60.8 Å². The highest BCUT2D eigenvalue weighted by Crippen LogP contribution is 2.48. The van der Waals surface area contributed by atoms with Gasteiger partial charge in [-0.15, -0.1) is 0 Å². The molecule has 1 amide bonds. The van der Waals surface area contributed by atoms with E-state index >= 15 is 0 Å². The van der Waals surface area contributed by atoms with Crippen molar-refractivity contribution in [2.24, 2.45) is 0 Å². The van der Waals surface area contributed by atoms with E-state index in [-0.39, 0.29) is 23.9 Å². The van der Waals surface area contributed by atoms with Crippen LogP contribution < -0.4 is 11.1 Å². The normalized spacial score (nSPS) is 17.6. The second kappa shape index (κ2) is 10.1. The minimum atomic E-state index is -2.49. The van der Waals surface area contributed by atoms with Crippen LogP contribution in [0.4, 0.5) is 10.2 Å². The van der Waals surface area contributed by atoms with E-state index in [1.54, 1.807) is 36.5 Å². The molecule has 0 saturated carbocycles. The molecule has 180 valence electrons. The summed E-state index contributed by atoms with van der Waals surface area (Å²) in [6.45, 7) is -0.319. The summed E-state index contributed by atoms with van der Waals surface area (Å²) in [4.78, 5) is 17.0. The van der Waals surface area contributed by atoms with E-state index in [0.717, 1.165) is 11.1 Å². The SMILES string of the molecule is Nc1ncc(C2CCS(O)(O)CC2)cc1-c1ccc(C(=O)NC(CO)c2ccccc2)c(F)c1. The quantitative estimate of drug-likeness (QED) is 0.348. The Bertz CT molecular complexity index is 1170. The van der Waals surface area contributed by atoms with Gasteiger partial charge in [0.25, 0.3) is 5.91 Å². The van der Waals surface area contributed by atoms with Crippen LogP contribution in [0.3, 0.4) is 0 Å². The lowest BCUT2D eigenvalue weighted by Gasteiger charge is -2.39. The molecule has 0 radical (unpaired) electrons. The number of nitrogens with one attached hydrogen (secondary N) is 1. The van der Waals surface area contributed by atoms with Crippen LogP contribution in [-0.4, -0.2) is 43.2 Å². The van der Waals surface area contributed by atoms with E-state index in [0.29, 0.717) is 35.5 Å². The average Bonchev–Trinajstić information content (AvgIpc) is 2.83. The van der Waals surface area contributed by atoms with Crippen LogP contribution in [0.25, 0.3) is 11.1 Å². The second-order valence-electron chi connectivity index (χ2n) is 8.50. The Kier molecular flexibility index (Phi) is 7.18. The first-order valence-corrected chi connectivity index (χ1v) is 12.9. The number of carbonyl (C=O) groups is 1. The molecule has 7 nitrogen and oxygen atoms in total.